The number of nitrogens with one attached hydrogen (secondary N) is 2. The van der Waals surface area contributed by atoms with E-state index in [2.05, 4.69) is 15.0 Å². The number of esters is 1. The largest absolute Gasteiger partial charge is 0.489 e. The number of amides is 3. The zero-order valence-corrected chi connectivity index (χ0v) is 26.5. The number of ether oxygens (including phenoxy) is 4. The maximum Gasteiger partial charge on any atom is 0.387 e. The van der Waals surface area contributed by atoms with Crippen LogP contribution in [0.1, 0.15) is 50.6 Å². The highest BCUT2D eigenvalue weighted by Crippen LogP contribution is 2.37. The Morgan fingerprint density at radius 2 is 1.81 bits per heavy atom. The Hall–Kier alpha value is -4.33. The van der Waals surface area contributed by atoms with Crippen molar-refractivity contribution in [2.75, 3.05) is 38.8 Å². The Labute approximate surface area is 278 Å². The molecule has 248 valence electrons. The third kappa shape index (κ3) is 8.34. The summed E-state index contributed by atoms with van der Waals surface area (Å²) in [5, 5.41) is 3.16. The van der Waals surface area contributed by atoms with Crippen LogP contribution in [-0.4, -0.2) is 68.7 Å². The van der Waals surface area contributed by atoms with Gasteiger partial charge in [0.1, 0.15) is 23.2 Å². The number of rotatable bonds is 15. The monoisotopic (exact) mass is 692 g/mol. The van der Waals surface area contributed by atoms with Crippen LogP contribution in [0.25, 0.3) is 0 Å². The number of carbonyl (C=O) groups excluding carboxylic acids is 4. The number of alkyl halides is 2. The van der Waals surface area contributed by atoms with Crippen LogP contribution < -0.4 is 19.8 Å². The maximum atomic E-state index is 13.2. The van der Waals surface area contributed by atoms with Gasteiger partial charge in [-0.15, -0.1) is 0 Å². The number of aromatic nitrogens is 1. The van der Waals surface area contributed by atoms with E-state index in [1.165, 1.54) is 43.8 Å². The van der Waals surface area contributed by atoms with Crippen molar-refractivity contribution < 1.29 is 51.9 Å². The average molecular weight is 694 g/mol. The van der Waals surface area contributed by atoms with E-state index >= 15 is 0 Å². The molecule has 1 aliphatic carbocycles. The molecule has 1 saturated carbocycles. The van der Waals surface area contributed by atoms with Gasteiger partial charge < -0.3 is 24.3 Å². The summed E-state index contributed by atoms with van der Waals surface area (Å²) in [6.07, 6.45) is 5.17. The van der Waals surface area contributed by atoms with Crippen LogP contribution in [0.2, 0.25) is 10.0 Å². The van der Waals surface area contributed by atoms with Crippen LogP contribution in [0.4, 0.5) is 14.5 Å². The van der Waals surface area contributed by atoms with Crippen molar-refractivity contribution in [1.82, 2.24) is 4.90 Å². The molecule has 2 heterocycles. The summed E-state index contributed by atoms with van der Waals surface area (Å²) in [6, 6.07) is 8.80. The number of nitrogens with zero attached hydrogens (tertiary/aromatic N) is 1. The van der Waals surface area contributed by atoms with Crippen LogP contribution >= 0.6 is 23.2 Å². The van der Waals surface area contributed by atoms with E-state index in [1.807, 2.05) is 0 Å². The molecule has 0 spiro atoms. The fraction of sp³-hybridized carbons (Fsp3) is 0.344. The standard InChI is InChI=1S/C32H29Cl2F2N3O8/c1-44-16-27(40)38-24-4-2-3-20-29(24)31(43)39(30(20)42)13-28(41)46-15-19(9-21-22(33)11-37-12-23(21)34)18-7-8-25(47-32(35)36)26(10-18)45-14-17-5-6-17/h2-4,7-8,10-12,17,19,32H,5-6,9,13-16H2,1H3,(H,38,40)/p+1/t19-/m1/s1. The lowest BCUT2D eigenvalue weighted by Gasteiger charge is -2.21. The number of H-pyrrole nitrogens is 1. The van der Waals surface area contributed by atoms with Crippen LogP contribution in [0, 0.1) is 5.92 Å². The lowest BCUT2D eigenvalue weighted by molar-refractivity contribution is -0.377. The van der Waals surface area contributed by atoms with E-state index in [1.54, 1.807) is 12.1 Å². The molecule has 0 bridgehead atoms. The lowest BCUT2D eigenvalue weighted by Crippen LogP contribution is -2.36. The van der Waals surface area contributed by atoms with Gasteiger partial charge in [-0.3, -0.25) is 24.1 Å². The number of aromatic amines is 1. The first-order chi connectivity index (χ1) is 22.5. The molecule has 0 unspecified atom stereocenters. The Bertz CT molecular complexity index is 1670. The van der Waals surface area contributed by atoms with Crippen molar-refractivity contribution in [3.05, 3.63) is 81.1 Å². The fourth-order valence-electron chi connectivity index (χ4n) is 5.03. The van der Waals surface area contributed by atoms with E-state index in [0.29, 0.717) is 33.7 Å². The van der Waals surface area contributed by atoms with Crippen molar-refractivity contribution >= 4 is 52.6 Å². The van der Waals surface area contributed by atoms with E-state index in [4.69, 9.17) is 37.4 Å². The number of fused-ring (bicyclic) bond motifs is 1. The Balaban J connectivity index is 1.34. The maximum absolute atomic E-state index is 13.2. The molecule has 0 radical (unpaired) electrons. The summed E-state index contributed by atoms with van der Waals surface area (Å²) in [5.74, 6) is -3.27. The molecule has 1 aliphatic heterocycles. The number of hydrogen-bond donors (Lipinski definition) is 1. The highest BCUT2D eigenvalue weighted by atomic mass is 35.5. The topological polar surface area (TPSA) is 135 Å². The predicted octanol–water partition coefficient (Wildman–Crippen LogP) is 4.95. The summed E-state index contributed by atoms with van der Waals surface area (Å²) in [5.41, 5.74) is 1.15. The second-order valence-electron chi connectivity index (χ2n) is 11.0. The third-order valence-electron chi connectivity index (χ3n) is 7.56. The average Bonchev–Trinajstić information content (AvgIpc) is 3.83. The van der Waals surface area contributed by atoms with Gasteiger partial charge in [-0.05, 0) is 55.0 Å². The number of benzene rings is 2. The molecule has 3 aromatic rings. The Morgan fingerprint density at radius 1 is 1.06 bits per heavy atom. The summed E-state index contributed by atoms with van der Waals surface area (Å²) in [7, 11) is 1.34. The molecular formula is C32H30Cl2F2N3O8+. The van der Waals surface area contributed by atoms with Crippen molar-refractivity contribution in [3.63, 3.8) is 0 Å². The SMILES string of the molecule is COCC(=O)Nc1cccc2c1C(=O)N(CC(=O)OC[C@@H](Cc1c(Cl)c[nH+]cc1Cl)c1ccc(OC(F)F)c(OCC3CC3)c1)C2=O. The Kier molecular flexibility index (Phi) is 10.9. The third-order valence-corrected chi connectivity index (χ3v) is 8.23. The highest BCUT2D eigenvalue weighted by molar-refractivity contribution is 6.35. The molecule has 47 heavy (non-hydrogen) atoms. The Morgan fingerprint density at radius 3 is 2.49 bits per heavy atom. The normalized spacial score (nSPS) is 14.6. The van der Waals surface area contributed by atoms with Crippen LogP contribution in [0.15, 0.2) is 48.8 Å². The van der Waals surface area contributed by atoms with Gasteiger partial charge in [0, 0.05) is 18.6 Å². The zero-order chi connectivity index (χ0) is 33.7. The van der Waals surface area contributed by atoms with Gasteiger partial charge in [0.15, 0.2) is 23.9 Å². The number of halogens is 4. The molecule has 2 aromatic carbocycles. The molecular weight excluding hydrogens is 663 g/mol. The molecule has 1 aromatic heterocycles. The van der Waals surface area contributed by atoms with Gasteiger partial charge in [0.25, 0.3) is 11.8 Å². The van der Waals surface area contributed by atoms with Crippen LogP contribution in [0.5, 0.6) is 11.5 Å². The first kappa shape index (κ1) is 34.0. The minimum atomic E-state index is -3.07. The lowest BCUT2D eigenvalue weighted by atomic mass is 9.92. The summed E-state index contributed by atoms with van der Waals surface area (Å²) in [6.45, 7) is -3.98. The van der Waals surface area contributed by atoms with Crippen molar-refractivity contribution in [3.8, 4) is 11.5 Å². The van der Waals surface area contributed by atoms with E-state index in [0.717, 1.165) is 17.7 Å². The van der Waals surface area contributed by atoms with Gasteiger partial charge in [0.2, 0.25) is 5.91 Å². The molecule has 15 heteroatoms. The number of hydrogen-bond acceptors (Lipinski definition) is 8. The van der Waals surface area contributed by atoms with Crippen LogP contribution in [-0.2, 0) is 25.5 Å². The molecule has 3 amide bonds. The van der Waals surface area contributed by atoms with Crippen molar-refractivity contribution in [1.29, 1.82) is 0 Å². The van der Waals surface area contributed by atoms with E-state index in [-0.39, 0.29) is 47.9 Å². The molecule has 2 N–H and O–H groups in total. The van der Waals surface area contributed by atoms with E-state index < -0.39 is 42.8 Å². The van der Waals surface area contributed by atoms with Crippen LogP contribution in [0.3, 0.4) is 0 Å². The first-order valence-electron chi connectivity index (χ1n) is 14.5. The smallest absolute Gasteiger partial charge is 0.387 e. The van der Waals surface area contributed by atoms with Crippen molar-refractivity contribution in [2.24, 2.45) is 5.92 Å². The molecule has 1 fully saturated rings. The molecule has 2 aliphatic rings. The van der Waals surface area contributed by atoms with Gasteiger partial charge >= 0.3 is 12.6 Å². The summed E-state index contributed by atoms with van der Waals surface area (Å²) < 4.78 is 47.1. The molecule has 11 nitrogen and oxygen atoms in total. The van der Waals surface area contributed by atoms with Gasteiger partial charge in [-0.25, -0.2) is 4.98 Å². The first-order valence-corrected chi connectivity index (χ1v) is 15.3. The highest BCUT2D eigenvalue weighted by Gasteiger charge is 2.39. The number of carbonyl (C=O) groups is 4. The van der Waals surface area contributed by atoms with E-state index in [9.17, 15) is 28.0 Å². The zero-order valence-electron chi connectivity index (χ0n) is 25.0. The number of pyridine rings is 1. The number of methoxy groups -OCH3 is 1. The quantitative estimate of drug-likeness (QED) is 0.175. The second-order valence-corrected chi connectivity index (χ2v) is 11.8. The fourth-order valence-corrected chi connectivity index (χ4v) is 5.57. The van der Waals surface area contributed by atoms with Gasteiger partial charge in [-0.1, -0.05) is 35.3 Å². The molecule has 0 saturated heterocycles. The number of anilines is 1. The van der Waals surface area contributed by atoms with Gasteiger partial charge in [-0.2, -0.15) is 8.78 Å². The minimum Gasteiger partial charge on any atom is -0.489 e. The summed E-state index contributed by atoms with van der Waals surface area (Å²) in [4.78, 5) is 55.1. The van der Waals surface area contributed by atoms with Crippen molar-refractivity contribution in [2.45, 2.75) is 31.8 Å². The number of imide groups is 1. The molecule has 1 atom stereocenters. The predicted molar refractivity (Wildman–Crippen MR) is 164 cm³/mol. The minimum absolute atomic E-state index is 0.0193. The van der Waals surface area contributed by atoms with Gasteiger partial charge in [0.05, 0.1) is 30.0 Å². The summed E-state index contributed by atoms with van der Waals surface area (Å²) >= 11 is 12.8. The second kappa shape index (κ2) is 15.1. The molecule has 5 rings (SSSR count).